The predicted octanol–water partition coefficient (Wildman–Crippen LogP) is 4.55. The van der Waals surface area contributed by atoms with E-state index in [0.29, 0.717) is 17.6 Å². The number of hydrogen-bond donors (Lipinski definition) is 3. The van der Waals surface area contributed by atoms with Gasteiger partial charge in [-0.3, -0.25) is 4.79 Å². The Labute approximate surface area is 208 Å². The average Bonchev–Trinajstić information content (AvgIpc) is 2.77. The van der Waals surface area contributed by atoms with Crippen molar-refractivity contribution < 1.29 is 34.3 Å². The van der Waals surface area contributed by atoms with Crippen LogP contribution in [0.1, 0.15) is 101 Å². The van der Waals surface area contributed by atoms with E-state index in [-0.39, 0.29) is 17.6 Å². The maximum absolute atomic E-state index is 11.8. The number of aliphatic hydroxyl groups is 2. The molecule has 4 rings (SSSR count). The van der Waals surface area contributed by atoms with Crippen LogP contribution in [0.2, 0.25) is 0 Å². The van der Waals surface area contributed by atoms with Gasteiger partial charge in [0.05, 0.1) is 6.10 Å². The lowest BCUT2D eigenvalue weighted by molar-refractivity contribution is -0.273. The van der Waals surface area contributed by atoms with Crippen molar-refractivity contribution in [1.29, 1.82) is 0 Å². The summed E-state index contributed by atoms with van der Waals surface area (Å²) in [5, 5.41) is 32.4. The molecular formula is C28H40O7. The second-order valence-corrected chi connectivity index (χ2v) is 11.1. The van der Waals surface area contributed by atoms with Crippen molar-refractivity contribution in [2.24, 2.45) is 5.92 Å². The Hall–Kier alpha value is -2.09. The molecule has 0 aromatic heterocycles. The summed E-state index contributed by atoms with van der Waals surface area (Å²) in [5.74, 6) is 1.02. The number of phenols is 1. The van der Waals surface area contributed by atoms with Gasteiger partial charge in [-0.05, 0) is 81.4 Å². The topological polar surface area (TPSA) is 105 Å². The molecule has 1 aliphatic heterocycles. The predicted molar refractivity (Wildman–Crippen MR) is 132 cm³/mol. The monoisotopic (exact) mass is 488 g/mol. The zero-order chi connectivity index (χ0) is 25.8. The lowest BCUT2D eigenvalue weighted by Crippen LogP contribution is -2.59. The van der Waals surface area contributed by atoms with E-state index in [1.54, 1.807) is 6.92 Å². The Morgan fingerprint density at radius 3 is 2.34 bits per heavy atom. The molecule has 0 spiro atoms. The second kappa shape index (κ2) is 9.75. The summed E-state index contributed by atoms with van der Waals surface area (Å²) in [7, 11) is 0. The largest absolute Gasteiger partial charge is 0.504 e. The molecule has 1 fully saturated rings. The number of esters is 1. The third kappa shape index (κ3) is 4.58. The fraction of sp³-hybridized carbons (Fsp3) is 0.679. The minimum Gasteiger partial charge on any atom is -0.504 e. The fourth-order valence-corrected chi connectivity index (χ4v) is 6.43. The van der Waals surface area contributed by atoms with Crippen LogP contribution in [-0.4, -0.2) is 52.0 Å². The minimum absolute atomic E-state index is 0.0615. The Bertz CT molecular complexity index is 1010. The Morgan fingerprint density at radius 2 is 1.71 bits per heavy atom. The van der Waals surface area contributed by atoms with E-state index in [2.05, 4.69) is 33.8 Å². The molecule has 1 heterocycles. The number of carbonyl (C=O) groups excluding carboxylic acids is 1. The maximum Gasteiger partial charge on any atom is 0.303 e. The number of ether oxygens (including phenoxy) is 3. The number of benzene rings is 1. The van der Waals surface area contributed by atoms with Gasteiger partial charge in [-0.2, -0.15) is 0 Å². The number of aromatic hydroxyl groups is 1. The normalized spacial score (nSPS) is 36.2. The Kier molecular flexibility index (Phi) is 7.24. The molecule has 0 amide bonds. The minimum atomic E-state index is -1.38. The molecule has 0 radical (unpaired) electrons. The van der Waals surface area contributed by atoms with Crippen LogP contribution in [0, 0.1) is 12.8 Å². The molecular weight excluding hydrogens is 448 g/mol. The molecule has 35 heavy (non-hydrogen) atoms. The molecule has 3 aliphatic rings. The quantitative estimate of drug-likeness (QED) is 0.422. The molecule has 7 nitrogen and oxygen atoms in total. The highest BCUT2D eigenvalue weighted by Gasteiger charge is 2.48. The first kappa shape index (κ1) is 26.0. The SMILES string of the molecule is CC(=O)O[C@@H]1[C@H](Oc2c(O)c(C)c3c4c2[C@H](C)CC[C@H]4[C@H](C)C[C@@H]3C=C(C)C)O[C@@H](C)[C@@H](O)[C@H]1O. The number of hydrogen-bond acceptors (Lipinski definition) is 7. The van der Waals surface area contributed by atoms with Crippen molar-refractivity contribution in [3.8, 4) is 11.5 Å². The summed E-state index contributed by atoms with van der Waals surface area (Å²) in [5.41, 5.74) is 5.49. The van der Waals surface area contributed by atoms with Gasteiger partial charge in [0.25, 0.3) is 0 Å². The van der Waals surface area contributed by atoms with Gasteiger partial charge in [-0.1, -0.05) is 25.5 Å². The first-order valence-electron chi connectivity index (χ1n) is 12.8. The van der Waals surface area contributed by atoms with Gasteiger partial charge in [0, 0.05) is 18.4 Å². The fourth-order valence-electron chi connectivity index (χ4n) is 6.43. The smallest absolute Gasteiger partial charge is 0.303 e. The van der Waals surface area contributed by atoms with Gasteiger partial charge in [-0.15, -0.1) is 0 Å². The van der Waals surface area contributed by atoms with Crippen molar-refractivity contribution >= 4 is 5.97 Å². The maximum atomic E-state index is 11.8. The number of allylic oxidation sites excluding steroid dienone is 2. The lowest BCUT2D eigenvalue weighted by atomic mass is 9.62. The van der Waals surface area contributed by atoms with Crippen LogP contribution >= 0.6 is 0 Å². The number of rotatable bonds is 4. The van der Waals surface area contributed by atoms with E-state index in [0.717, 1.165) is 30.4 Å². The molecule has 9 atom stereocenters. The summed E-state index contributed by atoms with van der Waals surface area (Å²) in [6, 6.07) is 0. The van der Waals surface area contributed by atoms with Gasteiger partial charge >= 0.3 is 5.97 Å². The van der Waals surface area contributed by atoms with Gasteiger partial charge in [0.15, 0.2) is 17.6 Å². The van der Waals surface area contributed by atoms with Crippen LogP contribution in [0.5, 0.6) is 11.5 Å². The molecule has 3 N–H and O–H groups in total. The van der Waals surface area contributed by atoms with E-state index in [1.807, 2.05) is 6.92 Å². The van der Waals surface area contributed by atoms with Crippen molar-refractivity contribution in [3.05, 3.63) is 33.9 Å². The van der Waals surface area contributed by atoms with Crippen molar-refractivity contribution in [3.63, 3.8) is 0 Å². The van der Waals surface area contributed by atoms with Crippen LogP contribution in [-0.2, 0) is 14.3 Å². The van der Waals surface area contributed by atoms with Crippen LogP contribution in [0.25, 0.3) is 0 Å². The number of phenolic OH excluding ortho intramolecular Hbond substituents is 1. The highest BCUT2D eigenvalue weighted by molar-refractivity contribution is 5.66. The van der Waals surface area contributed by atoms with Crippen molar-refractivity contribution in [2.45, 2.75) is 116 Å². The second-order valence-electron chi connectivity index (χ2n) is 11.1. The van der Waals surface area contributed by atoms with Gasteiger partial charge < -0.3 is 29.5 Å². The molecule has 0 saturated carbocycles. The van der Waals surface area contributed by atoms with E-state index in [9.17, 15) is 20.1 Å². The summed E-state index contributed by atoms with van der Waals surface area (Å²) < 4.78 is 17.5. The Morgan fingerprint density at radius 1 is 1.03 bits per heavy atom. The molecule has 7 heteroatoms. The third-order valence-electron chi connectivity index (χ3n) is 8.11. The molecule has 0 bridgehead atoms. The van der Waals surface area contributed by atoms with Crippen molar-refractivity contribution in [2.75, 3.05) is 0 Å². The Balaban J connectivity index is 1.86. The average molecular weight is 489 g/mol. The van der Waals surface area contributed by atoms with Crippen LogP contribution in [0.4, 0.5) is 0 Å². The highest BCUT2D eigenvalue weighted by Crippen LogP contribution is 2.58. The summed E-state index contributed by atoms with van der Waals surface area (Å²) in [4.78, 5) is 11.8. The van der Waals surface area contributed by atoms with Crippen LogP contribution in [0.15, 0.2) is 11.6 Å². The highest BCUT2D eigenvalue weighted by atomic mass is 16.7. The molecule has 1 aromatic rings. The zero-order valence-corrected chi connectivity index (χ0v) is 21.9. The molecule has 1 aromatic carbocycles. The first-order chi connectivity index (χ1) is 16.4. The lowest BCUT2D eigenvalue weighted by Gasteiger charge is -2.45. The first-order valence-corrected chi connectivity index (χ1v) is 12.8. The van der Waals surface area contributed by atoms with Gasteiger partial charge in [-0.25, -0.2) is 0 Å². The molecule has 194 valence electrons. The summed E-state index contributed by atoms with van der Waals surface area (Å²) in [6.45, 7) is 13.5. The van der Waals surface area contributed by atoms with E-state index < -0.39 is 36.7 Å². The zero-order valence-electron chi connectivity index (χ0n) is 21.9. The van der Waals surface area contributed by atoms with E-state index in [1.165, 1.54) is 23.6 Å². The van der Waals surface area contributed by atoms with E-state index >= 15 is 0 Å². The molecule has 2 aliphatic carbocycles. The standard InChI is InChI=1S/C28H40O7/c1-12(2)10-18-11-14(4)19-9-8-13(3)20-22(19)21(18)15(5)23(30)26(20)35-28-27(34-17(7)29)25(32)24(31)16(6)33-28/h10,13-14,16,18-19,24-25,27-28,30-32H,8-9,11H2,1-7H3/t13-,14-,16+,18+,19+,24-,25-,27+,28+/m1/s1. The summed E-state index contributed by atoms with van der Waals surface area (Å²) >= 11 is 0. The van der Waals surface area contributed by atoms with Crippen LogP contribution < -0.4 is 4.74 Å². The number of carbonyl (C=O) groups is 1. The van der Waals surface area contributed by atoms with Crippen molar-refractivity contribution in [1.82, 2.24) is 0 Å². The number of aliphatic hydroxyl groups excluding tert-OH is 2. The van der Waals surface area contributed by atoms with Crippen LogP contribution in [0.3, 0.4) is 0 Å². The summed E-state index contributed by atoms with van der Waals surface area (Å²) in [6.07, 6.45) is -0.347. The van der Waals surface area contributed by atoms with Gasteiger partial charge in [0.1, 0.15) is 12.2 Å². The van der Waals surface area contributed by atoms with E-state index in [4.69, 9.17) is 14.2 Å². The van der Waals surface area contributed by atoms with Gasteiger partial charge in [0.2, 0.25) is 6.29 Å². The molecule has 0 unspecified atom stereocenters. The molecule has 1 saturated heterocycles. The third-order valence-corrected chi connectivity index (χ3v) is 8.11.